The Labute approximate surface area is 84.3 Å². The molecule has 76 valence electrons. The van der Waals surface area contributed by atoms with Gasteiger partial charge in [-0.05, 0) is 6.07 Å². The molecule has 1 aliphatic heterocycles. The highest BCUT2D eigenvalue weighted by molar-refractivity contribution is 5.83. The second kappa shape index (κ2) is 3.41. The van der Waals surface area contributed by atoms with E-state index in [4.69, 9.17) is 4.74 Å². The molecule has 15 heavy (non-hydrogen) atoms. The predicted octanol–water partition coefficient (Wildman–Crippen LogP) is 1.68. The molecule has 0 unspecified atom stereocenters. The first-order valence-corrected chi connectivity index (χ1v) is 4.08. The molecule has 1 N–H and O–H groups in total. The Bertz CT molecular complexity index is 467. The monoisotopic (exact) mass is 206 g/mol. The summed E-state index contributed by atoms with van der Waals surface area (Å²) < 4.78 is 5.05. The first-order chi connectivity index (χ1) is 7.22. The summed E-state index contributed by atoms with van der Waals surface area (Å²) in [5, 5.41) is 13.4. The number of rotatable bonds is 2. The summed E-state index contributed by atoms with van der Waals surface area (Å²) in [5.41, 5.74) is 0.282. The van der Waals surface area contributed by atoms with Crippen LogP contribution in [0.15, 0.2) is 24.6 Å². The van der Waals surface area contributed by atoms with Gasteiger partial charge in [-0.15, -0.1) is 0 Å². The van der Waals surface area contributed by atoms with Crippen LogP contribution < -0.4 is 10.1 Å². The topological polar surface area (TPSA) is 81.5 Å². The molecule has 6 nitrogen and oxygen atoms in total. The van der Waals surface area contributed by atoms with Crippen molar-refractivity contribution in [1.29, 1.82) is 0 Å². The molecule has 2 rings (SSSR count). The van der Waals surface area contributed by atoms with E-state index in [-0.39, 0.29) is 22.7 Å². The third kappa shape index (κ3) is 1.52. The Balaban J connectivity index is 2.63. The van der Waals surface area contributed by atoms with Gasteiger partial charge in [-0.3, -0.25) is 14.9 Å². The van der Waals surface area contributed by atoms with E-state index in [1.807, 2.05) is 0 Å². The largest absolute Gasteiger partial charge is 0.461 e. The number of ether oxygens (including phenoxy) is 1. The van der Waals surface area contributed by atoms with Gasteiger partial charge in [0.25, 0.3) is 5.69 Å². The van der Waals surface area contributed by atoms with Crippen molar-refractivity contribution in [3.8, 4) is 5.75 Å². The maximum absolute atomic E-state index is 10.7. The van der Waals surface area contributed by atoms with Crippen molar-refractivity contribution in [2.45, 2.75) is 0 Å². The Morgan fingerprint density at radius 3 is 2.93 bits per heavy atom. The molecular formula is C9H6N2O4. The van der Waals surface area contributed by atoms with Gasteiger partial charge in [0.1, 0.15) is 12.5 Å². The number of anilines is 1. The van der Waals surface area contributed by atoms with Crippen LogP contribution in [-0.4, -0.2) is 11.2 Å². The number of aldehydes is 1. The van der Waals surface area contributed by atoms with Crippen LogP contribution in [0.1, 0.15) is 10.4 Å². The molecule has 0 saturated carbocycles. The van der Waals surface area contributed by atoms with Gasteiger partial charge in [-0.1, -0.05) is 0 Å². The fourth-order valence-corrected chi connectivity index (χ4v) is 1.30. The van der Waals surface area contributed by atoms with Gasteiger partial charge in [0, 0.05) is 17.8 Å². The van der Waals surface area contributed by atoms with Crippen molar-refractivity contribution in [2.24, 2.45) is 0 Å². The molecule has 6 heteroatoms. The first-order valence-electron chi connectivity index (χ1n) is 4.08. The van der Waals surface area contributed by atoms with Gasteiger partial charge in [0.2, 0.25) is 0 Å². The van der Waals surface area contributed by atoms with Crippen LogP contribution in [0.25, 0.3) is 0 Å². The molecule has 0 saturated heterocycles. The SMILES string of the molecule is O=Cc1cc2c(c([N+](=O)[O-])c1)NC=CO2. The Morgan fingerprint density at radius 1 is 1.47 bits per heavy atom. The maximum atomic E-state index is 10.7. The van der Waals surface area contributed by atoms with Crippen LogP contribution >= 0.6 is 0 Å². The van der Waals surface area contributed by atoms with E-state index in [9.17, 15) is 14.9 Å². The van der Waals surface area contributed by atoms with Crippen LogP contribution in [0, 0.1) is 10.1 Å². The quantitative estimate of drug-likeness (QED) is 0.452. The van der Waals surface area contributed by atoms with Gasteiger partial charge in [-0.25, -0.2) is 0 Å². The summed E-state index contributed by atoms with van der Waals surface area (Å²) >= 11 is 0. The molecule has 1 aromatic rings. The molecule has 0 radical (unpaired) electrons. The molecule has 1 aromatic carbocycles. The third-order valence-electron chi connectivity index (χ3n) is 1.93. The fraction of sp³-hybridized carbons (Fsp3) is 0. The molecule has 1 aliphatic rings. The van der Waals surface area contributed by atoms with Gasteiger partial charge in [-0.2, -0.15) is 0 Å². The molecule has 0 amide bonds. The highest BCUT2D eigenvalue weighted by atomic mass is 16.6. The average molecular weight is 206 g/mol. The normalized spacial score (nSPS) is 12.3. The lowest BCUT2D eigenvalue weighted by atomic mass is 10.1. The van der Waals surface area contributed by atoms with E-state index in [1.54, 1.807) is 0 Å². The lowest BCUT2D eigenvalue weighted by Crippen LogP contribution is -2.04. The zero-order chi connectivity index (χ0) is 10.8. The Morgan fingerprint density at radius 2 is 2.27 bits per heavy atom. The van der Waals surface area contributed by atoms with Crippen LogP contribution in [0.2, 0.25) is 0 Å². The average Bonchev–Trinajstić information content (AvgIpc) is 2.27. The number of carbonyl (C=O) groups excluding carboxylic acids is 1. The van der Waals surface area contributed by atoms with Gasteiger partial charge >= 0.3 is 0 Å². The van der Waals surface area contributed by atoms with Gasteiger partial charge in [0.15, 0.2) is 11.4 Å². The summed E-state index contributed by atoms with van der Waals surface area (Å²) in [5.74, 6) is 0.272. The van der Waals surface area contributed by atoms with Crippen molar-refractivity contribution in [3.05, 3.63) is 40.3 Å². The summed E-state index contributed by atoms with van der Waals surface area (Å²) in [6, 6.07) is 2.63. The van der Waals surface area contributed by atoms with E-state index < -0.39 is 4.92 Å². The number of nitro benzene ring substituents is 1. The molecule has 0 atom stereocenters. The molecule has 0 aromatic heterocycles. The number of carbonyl (C=O) groups is 1. The zero-order valence-electron chi connectivity index (χ0n) is 7.47. The van der Waals surface area contributed by atoms with Crippen molar-refractivity contribution >= 4 is 17.7 Å². The molecular weight excluding hydrogens is 200 g/mol. The standard InChI is InChI=1S/C9H6N2O4/c12-5-6-3-7(11(13)14)9-8(4-6)15-2-1-10-9/h1-5,10H. The van der Waals surface area contributed by atoms with Crippen LogP contribution in [0.4, 0.5) is 11.4 Å². The minimum Gasteiger partial charge on any atom is -0.461 e. The van der Waals surface area contributed by atoms with Crippen LogP contribution in [0.3, 0.4) is 0 Å². The van der Waals surface area contributed by atoms with Crippen molar-refractivity contribution in [3.63, 3.8) is 0 Å². The zero-order valence-corrected chi connectivity index (χ0v) is 7.47. The molecule has 0 spiro atoms. The number of hydrogen-bond acceptors (Lipinski definition) is 5. The van der Waals surface area contributed by atoms with Crippen molar-refractivity contribution in [2.75, 3.05) is 5.32 Å². The van der Waals surface area contributed by atoms with Crippen molar-refractivity contribution < 1.29 is 14.5 Å². The number of nitro groups is 1. The fourth-order valence-electron chi connectivity index (χ4n) is 1.30. The van der Waals surface area contributed by atoms with Crippen LogP contribution in [0.5, 0.6) is 5.75 Å². The summed E-state index contributed by atoms with van der Waals surface area (Å²) in [6.45, 7) is 0. The number of benzene rings is 1. The summed E-state index contributed by atoms with van der Waals surface area (Å²) in [7, 11) is 0. The Kier molecular flexibility index (Phi) is 2.09. The predicted molar refractivity (Wildman–Crippen MR) is 51.9 cm³/mol. The highest BCUT2D eigenvalue weighted by Crippen LogP contribution is 2.37. The molecule has 0 bridgehead atoms. The first kappa shape index (κ1) is 9.20. The van der Waals surface area contributed by atoms with E-state index >= 15 is 0 Å². The minimum absolute atomic E-state index is 0.182. The lowest BCUT2D eigenvalue weighted by Gasteiger charge is -2.13. The highest BCUT2D eigenvalue weighted by Gasteiger charge is 2.21. The van der Waals surface area contributed by atoms with Gasteiger partial charge in [0.05, 0.1) is 4.92 Å². The molecule has 1 heterocycles. The van der Waals surface area contributed by atoms with E-state index in [0.29, 0.717) is 6.29 Å². The smallest absolute Gasteiger partial charge is 0.297 e. The van der Waals surface area contributed by atoms with E-state index in [0.717, 1.165) is 0 Å². The summed E-state index contributed by atoms with van der Waals surface area (Å²) in [4.78, 5) is 20.7. The van der Waals surface area contributed by atoms with Crippen LogP contribution in [-0.2, 0) is 0 Å². The maximum Gasteiger partial charge on any atom is 0.297 e. The lowest BCUT2D eigenvalue weighted by molar-refractivity contribution is -0.384. The second-order valence-corrected chi connectivity index (χ2v) is 2.85. The van der Waals surface area contributed by atoms with Gasteiger partial charge < -0.3 is 10.1 Å². The van der Waals surface area contributed by atoms with Crippen molar-refractivity contribution in [1.82, 2.24) is 0 Å². The van der Waals surface area contributed by atoms with E-state index in [1.165, 1.54) is 24.6 Å². The third-order valence-corrected chi connectivity index (χ3v) is 1.93. The molecule has 0 aliphatic carbocycles. The Hall–Kier alpha value is -2.37. The summed E-state index contributed by atoms with van der Waals surface area (Å²) in [6.07, 6.45) is 3.32. The minimum atomic E-state index is -0.568. The number of hydrogen-bond donors (Lipinski definition) is 1. The van der Waals surface area contributed by atoms with E-state index in [2.05, 4.69) is 5.32 Å². The molecule has 0 fully saturated rings. The number of nitrogens with one attached hydrogen (secondary N) is 1. The second-order valence-electron chi connectivity index (χ2n) is 2.85. The number of fused-ring (bicyclic) bond motifs is 1. The number of nitrogens with zero attached hydrogens (tertiary/aromatic N) is 1.